The van der Waals surface area contributed by atoms with Gasteiger partial charge in [-0.3, -0.25) is 9.55 Å². The van der Waals surface area contributed by atoms with E-state index in [0.29, 0.717) is 13.1 Å². The SMILES string of the molecule is CCN(CC)C(=O)n1cnc(-c2cccnc2)c1. The van der Waals surface area contributed by atoms with Gasteiger partial charge in [-0.2, -0.15) is 0 Å². The molecule has 2 aromatic rings. The number of nitrogens with zero attached hydrogens (tertiary/aromatic N) is 4. The summed E-state index contributed by atoms with van der Waals surface area (Å²) in [7, 11) is 0. The van der Waals surface area contributed by atoms with Crippen LogP contribution in [0.3, 0.4) is 0 Å². The van der Waals surface area contributed by atoms with Crippen LogP contribution in [0, 0.1) is 0 Å². The number of rotatable bonds is 3. The van der Waals surface area contributed by atoms with Crippen molar-refractivity contribution in [3.63, 3.8) is 0 Å². The first-order chi connectivity index (χ1) is 8.76. The molecule has 0 aliphatic rings. The van der Waals surface area contributed by atoms with Crippen LogP contribution in [0.5, 0.6) is 0 Å². The van der Waals surface area contributed by atoms with Gasteiger partial charge in [-0.05, 0) is 26.0 Å². The lowest BCUT2D eigenvalue weighted by atomic mass is 10.2. The maximum atomic E-state index is 12.1. The number of pyridine rings is 1. The van der Waals surface area contributed by atoms with E-state index in [1.54, 1.807) is 29.8 Å². The minimum absolute atomic E-state index is 0.0531. The van der Waals surface area contributed by atoms with Crippen LogP contribution in [-0.2, 0) is 0 Å². The molecule has 0 bridgehead atoms. The zero-order chi connectivity index (χ0) is 13.0. The van der Waals surface area contributed by atoms with E-state index in [2.05, 4.69) is 9.97 Å². The molecule has 0 unspecified atom stereocenters. The van der Waals surface area contributed by atoms with E-state index in [4.69, 9.17) is 0 Å². The second kappa shape index (κ2) is 5.44. The third-order valence-electron chi connectivity index (χ3n) is 2.79. The van der Waals surface area contributed by atoms with Gasteiger partial charge in [0.15, 0.2) is 0 Å². The van der Waals surface area contributed by atoms with Crippen LogP contribution in [0.1, 0.15) is 13.8 Å². The van der Waals surface area contributed by atoms with Crippen LogP contribution in [0.15, 0.2) is 37.1 Å². The Morgan fingerprint density at radius 3 is 2.78 bits per heavy atom. The third-order valence-corrected chi connectivity index (χ3v) is 2.79. The maximum absolute atomic E-state index is 12.1. The number of amides is 1. The summed E-state index contributed by atoms with van der Waals surface area (Å²) in [6.07, 6.45) is 6.72. The molecule has 18 heavy (non-hydrogen) atoms. The molecule has 0 saturated heterocycles. The zero-order valence-electron chi connectivity index (χ0n) is 10.6. The van der Waals surface area contributed by atoms with Gasteiger partial charge in [-0.25, -0.2) is 9.78 Å². The zero-order valence-corrected chi connectivity index (χ0v) is 10.6. The molecule has 0 spiro atoms. The van der Waals surface area contributed by atoms with E-state index in [1.165, 1.54) is 4.57 Å². The Kier molecular flexibility index (Phi) is 3.72. The highest BCUT2D eigenvalue weighted by Gasteiger charge is 2.13. The average molecular weight is 244 g/mol. The summed E-state index contributed by atoms with van der Waals surface area (Å²) >= 11 is 0. The van der Waals surface area contributed by atoms with Crippen molar-refractivity contribution < 1.29 is 4.79 Å². The lowest BCUT2D eigenvalue weighted by Gasteiger charge is -2.18. The molecule has 2 aromatic heterocycles. The van der Waals surface area contributed by atoms with Crippen LogP contribution < -0.4 is 0 Å². The first kappa shape index (κ1) is 12.3. The lowest BCUT2D eigenvalue weighted by Crippen LogP contribution is -2.33. The number of carbonyl (C=O) groups is 1. The first-order valence-corrected chi connectivity index (χ1v) is 6.00. The Morgan fingerprint density at radius 2 is 2.17 bits per heavy atom. The van der Waals surface area contributed by atoms with Gasteiger partial charge < -0.3 is 4.90 Å². The van der Waals surface area contributed by atoms with Gasteiger partial charge in [-0.1, -0.05) is 0 Å². The Hall–Kier alpha value is -2.17. The van der Waals surface area contributed by atoms with E-state index in [0.717, 1.165) is 11.3 Å². The fourth-order valence-electron chi connectivity index (χ4n) is 1.75. The summed E-state index contributed by atoms with van der Waals surface area (Å²) < 4.78 is 1.51. The third kappa shape index (κ3) is 2.40. The smallest absolute Gasteiger partial charge is 0.325 e. The van der Waals surface area contributed by atoms with E-state index in [-0.39, 0.29) is 6.03 Å². The molecule has 0 aliphatic carbocycles. The maximum Gasteiger partial charge on any atom is 0.329 e. The first-order valence-electron chi connectivity index (χ1n) is 6.00. The van der Waals surface area contributed by atoms with E-state index in [1.807, 2.05) is 26.0 Å². The Balaban J connectivity index is 2.23. The van der Waals surface area contributed by atoms with Crippen molar-refractivity contribution in [2.45, 2.75) is 13.8 Å². The van der Waals surface area contributed by atoms with Crippen molar-refractivity contribution in [3.8, 4) is 11.3 Å². The highest BCUT2D eigenvalue weighted by molar-refractivity contribution is 5.78. The molecule has 2 rings (SSSR count). The van der Waals surface area contributed by atoms with Gasteiger partial charge in [0.1, 0.15) is 6.33 Å². The van der Waals surface area contributed by atoms with Crippen molar-refractivity contribution in [2.24, 2.45) is 0 Å². The number of imidazole rings is 1. The van der Waals surface area contributed by atoms with Gasteiger partial charge in [0.25, 0.3) is 0 Å². The molecule has 0 fully saturated rings. The summed E-state index contributed by atoms with van der Waals surface area (Å²) in [6, 6.07) is 3.71. The Labute approximate surface area is 106 Å². The van der Waals surface area contributed by atoms with Crippen LogP contribution in [0.25, 0.3) is 11.3 Å². The van der Waals surface area contributed by atoms with Crippen LogP contribution in [0.2, 0.25) is 0 Å². The number of aromatic nitrogens is 3. The van der Waals surface area contributed by atoms with E-state index >= 15 is 0 Å². The van der Waals surface area contributed by atoms with E-state index < -0.39 is 0 Å². The predicted octanol–water partition coefficient (Wildman–Crippen LogP) is 2.25. The summed E-state index contributed by atoms with van der Waals surface area (Å²) in [5, 5.41) is 0. The van der Waals surface area contributed by atoms with Gasteiger partial charge in [0.05, 0.1) is 5.69 Å². The summed E-state index contributed by atoms with van der Waals surface area (Å²) in [6.45, 7) is 5.30. The molecule has 94 valence electrons. The Bertz CT molecular complexity index is 517. The van der Waals surface area contributed by atoms with E-state index in [9.17, 15) is 4.79 Å². The minimum atomic E-state index is -0.0531. The molecule has 0 N–H and O–H groups in total. The standard InChI is InChI=1S/C13H16N4O/c1-3-16(4-2)13(18)17-9-12(15-10-17)11-6-5-7-14-8-11/h5-10H,3-4H2,1-2H3. The minimum Gasteiger partial charge on any atom is -0.325 e. The summed E-state index contributed by atoms with van der Waals surface area (Å²) in [4.78, 5) is 22.1. The molecular weight excluding hydrogens is 228 g/mol. The predicted molar refractivity (Wildman–Crippen MR) is 69.2 cm³/mol. The topological polar surface area (TPSA) is 51.0 Å². The van der Waals surface area contributed by atoms with Crippen LogP contribution in [-0.4, -0.2) is 38.6 Å². The van der Waals surface area contributed by atoms with Crippen molar-refractivity contribution in [2.75, 3.05) is 13.1 Å². The normalized spacial score (nSPS) is 10.3. The summed E-state index contributed by atoms with van der Waals surface area (Å²) in [5.41, 5.74) is 1.66. The monoisotopic (exact) mass is 244 g/mol. The second-order valence-electron chi connectivity index (χ2n) is 3.86. The fraction of sp³-hybridized carbons (Fsp3) is 0.308. The van der Waals surface area contributed by atoms with Gasteiger partial charge in [-0.15, -0.1) is 0 Å². The molecule has 0 saturated carbocycles. The largest absolute Gasteiger partial charge is 0.329 e. The quantitative estimate of drug-likeness (QED) is 0.832. The van der Waals surface area contributed by atoms with Gasteiger partial charge in [0, 0.05) is 37.2 Å². The number of hydrogen-bond donors (Lipinski definition) is 0. The summed E-state index contributed by atoms with van der Waals surface area (Å²) in [5.74, 6) is 0. The Morgan fingerprint density at radius 1 is 1.39 bits per heavy atom. The average Bonchev–Trinajstić information content (AvgIpc) is 2.90. The van der Waals surface area contributed by atoms with Crippen molar-refractivity contribution in [1.82, 2.24) is 19.4 Å². The molecule has 1 amide bonds. The molecule has 2 heterocycles. The van der Waals surface area contributed by atoms with Crippen molar-refractivity contribution in [1.29, 1.82) is 0 Å². The van der Waals surface area contributed by atoms with Crippen molar-refractivity contribution >= 4 is 6.03 Å². The lowest BCUT2D eigenvalue weighted by molar-refractivity contribution is 0.205. The van der Waals surface area contributed by atoms with Crippen molar-refractivity contribution in [3.05, 3.63) is 37.1 Å². The fourth-order valence-corrected chi connectivity index (χ4v) is 1.75. The van der Waals surface area contributed by atoms with Crippen LogP contribution >= 0.6 is 0 Å². The highest BCUT2D eigenvalue weighted by atomic mass is 16.2. The molecule has 0 atom stereocenters. The second-order valence-corrected chi connectivity index (χ2v) is 3.86. The molecule has 0 aromatic carbocycles. The van der Waals surface area contributed by atoms with Crippen LogP contribution in [0.4, 0.5) is 4.79 Å². The van der Waals surface area contributed by atoms with Gasteiger partial charge >= 0.3 is 6.03 Å². The molecule has 5 nitrogen and oxygen atoms in total. The highest BCUT2D eigenvalue weighted by Crippen LogP contribution is 2.15. The molecular formula is C13H16N4O. The molecule has 0 aliphatic heterocycles. The number of carbonyl (C=O) groups excluding carboxylic acids is 1. The van der Waals surface area contributed by atoms with Gasteiger partial charge in [0.2, 0.25) is 0 Å². The molecule has 0 radical (unpaired) electrons. The molecule has 5 heteroatoms. The number of hydrogen-bond acceptors (Lipinski definition) is 3.